The van der Waals surface area contributed by atoms with Gasteiger partial charge in [0.2, 0.25) is 0 Å². The highest BCUT2D eigenvalue weighted by Gasteiger charge is 2.30. The van der Waals surface area contributed by atoms with E-state index in [1.54, 1.807) is 0 Å². The SMILES string of the molecule is CC1C[C@H](C)C(CO)O[C@H]1C.O.O.[HH]. The van der Waals surface area contributed by atoms with Crippen molar-refractivity contribution in [3.8, 4) is 0 Å². The van der Waals surface area contributed by atoms with E-state index in [4.69, 9.17) is 9.84 Å². The Hall–Kier alpha value is -0.160. The smallest absolute Gasteiger partial charge is 0.0835 e. The largest absolute Gasteiger partial charge is 0.412 e. The van der Waals surface area contributed by atoms with Crippen molar-refractivity contribution >= 4 is 0 Å². The van der Waals surface area contributed by atoms with Crippen LogP contribution in [0.15, 0.2) is 0 Å². The van der Waals surface area contributed by atoms with E-state index in [2.05, 4.69) is 20.8 Å². The van der Waals surface area contributed by atoms with Crippen LogP contribution < -0.4 is 0 Å². The molecule has 0 saturated carbocycles. The maximum absolute atomic E-state index is 8.94. The van der Waals surface area contributed by atoms with Crippen molar-refractivity contribution in [3.05, 3.63) is 0 Å². The van der Waals surface area contributed by atoms with Gasteiger partial charge in [-0.2, -0.15) is 0 Å². The van der Waals surface area contributed by atoms with Crippen molar-refractivity contribution in [2.75, 3.05) is 6.61 Å². The molecular formula is C9H24O4. The molecule has 84 valence electrons. The zero-order valence-corrected chi connectivity index (χ0v) is 8.58. The fraction of sp³-hybridized carbons (Fsp3) is 1.00. The van der Waals surface area contributed by atoms with Gasteiger partial charge in [0.15, 0.2) is 0 Å². The molecule has 0 bridgehead atoms. The molecule has 0 radical (unpaired) electrons. The molecule has 2 unspecified atom stereocenters. The lowest BCUT2D eigenvalue weighted by Gasteiger charge is -2.36. The molecule has 0 aromatic carbocycles. The summed E-state index contributed by atoms with van der Waals surface area (Å²) in [5.74, 6) is 1.14. The van der Waals surface area contributed by atoms with E-state index in [-0.39, 0.29) is 25.1 Å². The molecule has 0 aliphatic carbocycles. The van der Waals surface area contributed by atoms with Gasteiger partial charge in [-0.15, -0.1) is 0 Å². The van der Waals surface area contributed by atoms with Crippen LogP contribution in [-0.2, 0) is 4.74 Å². The Bertz CT molecular complexity index is 134. The van der Waals surface area contributed by atoms with Crippen LogP contribution in [0.1, 0.15) is 28.6 Å². The predicted octanol–water partition coefficient (Wildman–Crippen LogP) is 0.0249. The Kier molecular flexibility index (Phi) is 7.44. The maximum Gasteiger partial charge on any atom is 0.0835 e. The van der Waals surface area contributed by atoms with Crippen LogP contribution in [0.3, 0.4) is 0 Å². The normalized spacial score (nSPS) is 38.8. The molecule has 1 fully saturated rings. The number of hydrogen-bond donors (Lipinski definition) is 1. The van der Waals surface area contributed by atoms with Crippen LogP contribution in [0, 0.1) is 11.8 Å². The lowest BCUT2D eigenvalue weighted by atomic mass is 9.87. The fourth-order valence-corrected chi connectivity index (χ4v) is 1.70. The third-order valence-electron chi connectivity index (χ3n) is 2.75. The Morgan fingerprint density at radius 3 is 2.23 bits per heavy atom. The first-order valence-corrected chi connectivity index (χ1v) is 4.41. The number of aliphatic hydroxyl groups is 1. The summed E-state index contributed by atoms with van der Waals surface area (Å²) in [5.41, 5.74) is 0. The van der Waals surface area contributed by atoms with E-state index >= 15 is 0 Å². The highest BCUT2D eigenvalue weighted by molar-refractivity contribution is 4.78. The molecule has 0 amide bonds. The van der Waals surface area contributed by atoms with E-state index in [0.717, 1.165) is 0 Å². The minimum Gasteiger partial charge on any atom is -0.412 e. The number of ether oxygens (including phenoxy) is 1. The van der Waals surface area contributed by atoms with Crippen LogP contribution in [0.5, 0.6) is 0 Å². The van der Waals surface area contributed by atoms with Gasteiger partial charge in [-0.05, 0) is 25.2 Å². The molecule has 1 rings (SSSR count). The minimum absolute atomic E-state index is 0. The van der Waals surface area contributed by atoms with E-state index in [1.807, 2.05) is 0 Å². The molecule has 1 aliphatic heterocycles. The first kappa shape index (κ1) is 15.3. The third kappa shape index (κ3) is 3.60. The number of hydrogen-bond acceptors (Lipinski definition) is 2. The molecular weight excluding hydrogens is 172 g/mol. The molecule has 0 aromatic heterocycles. The summed E-state index contributed by atoms with van der Waals surface area (Å²) in [7, 11) is 0. The third-order valence-corrected chi connectivity index (χ3v) is 2.75. The second-order valence-electron chi connectivity index (χ2n) is 3.75. The van der Waals surface area contributed by atoms with E-state index in [0.29, 0.717) is 17.9 Å². The van der Waals surface area contributed by atoms with Gasteiger partial charge < -0.3 is 20.8 Å². The van der Waals surface area contributed by atoms with Crippen molar-refractivity contribution in [1.82, 2.24) is 0 Å². The van der Waals surface area contributed by atoms with E-state index < -0.39 is 0 Å². The Morgan fingerprint density at radius 1 is 1.23 bits per heavy atom. The maximum atomic E-state index is 8.94. The highest BCUT2D eigenvalue weighted by atomic mass is 16.5. The van der Waals surface area contributed by atoms with E-state index in [9.17, 15) is 0 Å². The molecule has 1 aliphatic rings. The van der Waals surface area contributed by atoms with Crippen LogP contribution >= 0.6 is 0 Å². The monoisotopic (exact) mass is 196 g/mol. The summed E-state index contributed by atoms with van der Waals surface area (Å²) in [6, 6.07) is 0. The average Bonchev–Trinajstić information content (AvgIpc) is 1.97. The van der Waals surface area contributed by atoms with Gasteiger partial charge in [0, 0.05) is 1.43 Å². The van der Waals surface area contributed by atoms with Crippen LogP contribution in [0.25, 0.3) is 0 Å². The lowest BCUT2D eigenvalue weighted by molar-refractivity contribution is -0.116. The molecule has 4 atom stereocenters. The Balaban J connectivity index is -0.000000403. The van der Waals surface area contributed by atoms with Gasteiger partial charge in [-0.3, -0.25) is 0 Å². The summed E-state index contributed by atoms with van der Waals surface area (Å²) < 4.78 is 5.61. The van der Waals surface area contributed by atoms with Crippen molar-refractivity contribution < 1.29 is 22.2 Å². The Morgan fingerprint density at radius 2 is 1.77 bits per heavy atom. The quantitative estimate of drug-likeness (QED) is 0.640. The number of aliphatic hydroxyl groups excluding tert-OH is 1. The van der Waals surface area contributed by atoms with Gasteiger partial charge >= 0.3 is 0 Å². The summed E-state index contributed by atoms with van der Waals surface area (Å²) in [6.07, 6.45) is 1.55. The zero-order chi connectivity index (χ0) is 8.43. The molecule has 1 saturated heterocycles. The van der Waals surface area contributed by atoms with Gasteiger partial charge in [0.05, 0.1) is 18.8 Å². The first-order valence-electron chi connectivity index (χ1n) is 4.41. The van der Waals surface area contributed by atoms with Gasteiger partial charge in [0.1, 0.15) is 0 Å². The molecule has 0 aromatic rings. The zero-order valence-electron chi connectivity index (χ0n) is 8.58. The summed E-state index contributed by atoms with van der Waals surface area (Å²) in [6.45, 7) is 6.59. The van der Waals surface area contributed by atoms with Gasteiger partial charge in [-0.1, -0.05) is 13.8 Å². The second kappa shape index (κ2) is 6.32. The first-order chi connectivity index (χ1) is 5.15. The van der Waals surface area contributed by atoms with Gasteiger partial charge in [-0.25, -0.2) is 0 Å². The standard InChI is InChI=1S/C9H18O2.2H2O.H2/c1-6-4-7(2)9(5-10)11-8(6)3;;;/h6-10H,4-5H2,1-3H3;2*1H2;1H/t6?,7-,8-,9?;;;/m0.../s1. The molecule has 0 spiro atoms. The van der Waals surface area contributed by atoms with E-state index in [1.165, 1.54) is 6.42 Å². The average molecular weight is 196 g/mol. The molecule has 5 N–H and O–H groups in total. The minimum atomic E-state index is 0. The van der Waals surface area contributed by atoms with Crippen molar-refractivity contribution in [3.63, 3.8) is 0 Å². The molecule has 13 heavy (non-hydrogen) atoms. The predicted molar refractivity (Wildman–Crippen MR) is 53.7 cm³/mol. The van der Waals surface area contributed by atoms with Crippen molar-refractivity contribution in [1.29, 1.82) is 0 Å². The summed E-state index contributed by atoms with van der Waals surface area (Å²) in [5, 5.41) is 8.94. The molecule has 4 heteroatoms. The van der Waals surface area contributed by atoms with Crippen molar-refractivity contribution in [2.24, 2.45) is 11.8 Å². The fourth-order valence-electron chi connectivity index (χ4n) is 1.70. The molecule has 4 nitrogen and oxygen atoms in total. The lowest BCUT2D eigenvalue weighted by Crippen LogP contribution is -2.39. The highest BCUT2D eigenvalue weighted by Crippen LogP contribution is 2.28. The van der Waals surface area contributed by atoms with Crippen LogP contribution in [-0.4, -0.2) is 34.9 Å². The summed E-state index contributed by atoms with van der Waals surface area (Å²) >= 11 is 0. The number of rotatable bonds is 1. The topological polar surface area (TPSA) is 92.5 Å². The van der Waals surface area contributed by atoms with Crippen LogP contribution in [0.2, 0.25) is 0 Å². The molecule has 1 heterocycles. The Labute approximate surface area is 81.0 Å². The van der Waals surface area contributed by atoms with Crippen molar-refractivity contribution in [2.45, 2.75) is 39.4 Å². The van der Waals surface area contributed by atoms with Crippen LogP contribution in [0.4, 0.5) is 0 Å². The summed E-state index contributed by atoms with van der Waals surface area (Å²) in [4.78, 5) is 0. The second-order valence-corrected chi connectivity index (χ2v) is 3.75. The van der Waals surface area contributed by atoms with Gasteiger partial charge in [0.25, 0.3) is 0 Å².